The molecule has 17 heavy (non-hydrogen) atoms. The highest BCUT2D eigenvalue weighted by Gasteiger charge is 2.20. The van der Waals surface area contributed by atoms with E-state index in [1.165, 1.54) is 0 Å². The number of ether oxygens (including phenoxy) is 1. The predicted molar refractivity (Wildman–Crippen MR) is 61.3 cm³/mol. The lowest BCUT2D eigenvalue weighted by Gasteiger charge is -2.11. The number of rotatable bonds is 5. The molecule has 1 fully saturated rings. The number of primary amides is 1. The van der Waals surface area contributed by atoms with Gasteiger partial charge in [0.1, 0.15) is 0 Å². The van der Waals surface area contributed by atoms with Gasteiger partial charge in [-0.25, -0.2) is 4.68 Å². The summed E-state index contributed by atoms with van der Waals surface area (Å²) in [7, 11) is 0. The van der Waals surface area contributed by atoms with Gasteiger partial charge in [0.25, 0.3) is 0 Å². The van der Waals surface area contributed by atoms with E-state index in [0.717, 1.165) is 38.1 Å². The second kappa shape index (κ2) is 5.27. The van der Waals surface area contributed by atoms with E-state index in [1.807, 2.05) is 11.6 Å². The van der Waals surface area contributed by atoms with Crippen LogP contribution in [-0.2, 0) is 28.9 Å². The molecule has 0 aromatic carbocycles. The topological polar surface area (TPSA) is 83.0 Å². The number of hydrogen-bond acceptors (Lipinski definition) is 4. The van der Waals surface area contributed by atoms with Crippen LogP contribution in [0.3, 0.4) is 0 Å². The predicted octanol–water partition coefficient (Wildman–Crippen LogP) is 0.0473. The summed E-state index contributed by atoms with van der Waals surface area (Å²) in [5, 5.41) is 8.11. The Morgan fingerprint density at radius 3 is 3.06 bits per heavy atom. The number of carbonyl (C=O) groups is 1. The van der Waals surface area contributed by atoms with Crippen LogP contribution in [0.2, 0.25) is 0 Å². The molecule has 1 aliphatic rings. The molecule has 1 aromatic heterocycles. The first-order valence-corrected chi connectivity index (χ1v) is 6.01. The standard InChI is InChI=1S/C11H18N4O2/c1-2-10-9(6-11(12)16)13-14-15(10)7-8-4-3-5-17-8/h8H,2-7H2,1H3,(H2,12,16). The molecule has 0 saturated carbocycles. The van der Waals surface area contributed by atoms with Gasteiger partial charge in [-0.3, -0.25) is 4.79 Å². The Labute approximate surface area is 100 Å². The summed E-state index contributed by atoms with van der Waals surface area (Å²) in [5.74, 6) is -0.371. The van der Waals surface area contributed by atoms with Crippen LogP contribution in [0.4, 0.5) is 0 Å². The number of amides is 1. The zero-order valence-corrected chi connectivity index (χ0v) is 10.1. The minimum Gasteiger partial charge on any atom is -0.376 e. The summed E-state index contributed by atoms with van der Waals surface area (Å²) in [5.41, 5.74) is 6.86. The number of nitrogens with zero attached hydrogens (tertiary/aromatic N) is 3. The maximum Gasteiger partial charge on any atom is 0.223 e. The van der Waals surface area contributed by atoms with Gasteiger partial charge >= 0.3 is 0 Å². The third-order valence-corrected chi connectivity index (χ3v) is 3.00. The Morgan fingerprint density at radius 1 is 1.65 bits per heavy atom. The van der Waals surface area contributed by atoms with E-state index in [4.69, 9.17) is 10.5 Å². The summed E-state index contributed by atoms with van der Waals surface area (Å²) in [6, 6.07) is 0. The first-order chi connectivity index (χ1) is 8.20. The molecule has 0 spiro atoms. The molecular formula is C11H18N4O2. The summed E-state index contributed by atoms with van der Waals surface area (Å²) in [4.78, 5) is 10.9. The van der Waals surface area contributed by atoms with E-state index >= 15 is 0 Å². The number of hydrogen-bond donors (Lipinski definition) is 1. The van der Waals surface area contributed by atoms with Gasteiger partial charge in [0.05, 0.1) is 30.5 Å². The normalized spacial score (nSPS) is 19.7. The van der Waals surface area contributed by atoms with Crippen molar-refractivity contribution in [1.82, 2.24) is 15.0 Å². The van der Waals surface area contributed by atoms with Crippen LogP contribution < -0.4 is 5.73 Å². The average Bonchev–Trinajstić information content (AvgIpc) is 2.89. The average molecular weight is 238 g/mol. The van der Waals surface area contributed by atoms with Crippen molar-refractivity contribution < 1.29 is 9.53 Å². The van der Waals surface area contributed by atoms with Crippen molar-refractivity contribution in [3.05, 3.63) is 11.4 Å². The molecular weight excluding hydrogens is 220 g/mol. The Hall–Kier alpha value is -1.43. The molecule has 0 radical (unpaired) electrons. The van der Waals surface area contributed by atoms with Gasteiger partial charge in [0.2, 0.25) is 5.91 Å². The number of carbonyl (C=O) groups excluding carboxylic acids is 1. The molecule has 6 nitrogen and oxygen atoms in total. The highest BCUT2D eigenvalue weighted by Crippen LogP contribution is 2.16. The van der Waals surface area contributed by atoms with Crippen LogP contribution in [0.1, 0.15) is 31.2 Å². The zero-order chi connectivity index (χ0) is 12.3. The maximum atomic E-state index is 10.9. The van der Waals surface area contributed by atoms with Crippen molar-refractivity contribution in [2.45, 2.75) is 45.3 Å². The fourth-order valence-corrected chi connectivity index (χ4v) is 2.19. The second-order valence-electron chi connectivity index (χ2n) is 4.30. The molecule has 2 heterocycles. The fourth-order valence-electron chi connectivity index (χ4n) is 2.19. The van der Waals surface area contributed by atoms with E-state index < -0.39 is 0 Å². The van der Waals surface area contributed by atoms with Crippen LogP contribution in [0.25, 0.3) is 0 Å². The number of nitrogens with two attached hydrogens (primary N) is 1. The molecule has 2 N–H and O–H groups in total. The Morgan fingerprint density at radius 2 is 2.47 bits per heavy atom. The van der Waals surface area contributed by atoms with Crippen molar-refractivity contribution in [3.8, 4) is 0 Å². The minimum atomic E-state index is -0.371. The molecule has 1 atom stereocenters. The van der Waals surface area contributed by atoms with E-state index in [9.17, 15) is 4.79 Å². The van der Waals surface area contributed by atoms with E-state index in [2.05, 4.69) is 10.3 Å². The van der Waals surface area contributed by atoms with Gasteiger partial charge in [0, 0.05) is 6.61 Å². The Kier molecular flexibility index (Phi) is 3.73. The molecule has 1 amide bonds. The molecule has 1 unspecified atom stereocenters. The minimum absolute atomic E-state index is 0.161. The van der Waals surface area contributed by atoms with Gasteiger partial charge in [-0.05, 0) is 19.3 Å². The van der Waals surface area contributed by atoms with Crippen LogP contribution >= 0.6 is 0 Å². The van der Waals surface area contributed by atoms with E-state index in [1.54, 1.807) is 0 Å². The summed E-state index contributed by atoms with van der Waals surface area (Å²) in [6.45, 7) is 3.57. The Bertz CT molecular complexity index is 396. The summed E-state index contributed by atoms with van der Waals surface area (Å²) in [6.07, 6.45) is 3.35. The molecule has 1 aromatic rings. The van der Waals surface area contributed by atoms with E-state index in [0.29, 0.717) is 5.69 Å². The molecule has 6 heteroatoms. The van der Waals surface area contributed by atoms with Crippen LogP contribution in [0.15, 0.2) is 0 Å². The van der Waals surface area contributed by atoms with Gasteiger partial charge in [-0.2, -0.15) is 0 Å². The van der Waals surface area contributed by atoms with Crippen LogP contribution in [-0.4, -0.2) is 33.6 Å². The van der Waals surface area contributed by atoms with Crippen molar-refractivity contribution in [3.63, 3.8) is 0 Å². The summed E-state index contributed by atoms with van der Waals surface area (Å²) >= 11 is 0. The van der Waals surface area contributed by atoms with E-state index in [-0.39, 0.29) is 18.4 Å². The highest BCUT2D eigenvalue weighted by molar-refractivity contribution is 5.76. The van der Waals surface area contributed by atoms with Crippen LogP contribution in [0.5, 0.6) is 0 Å². The lowest BCUT2D eigenvalue weighted by molar-refractivity contribution is -0.117. The van der Waals surface area contributed by atoms with Crippen LogP contribution in [0, 0.1) is 0 Å². The molecule has 2 rings (SSSR count). The first-order valence-electron chi connectivity index (χ1n) is 6.01. The third kappa shape index (κ3) is 2.82. The highest BCUT2D eigenvalue weighted by atomic mass is 16.5. The van der Waals surface area contributed by atoms with Gasteiger partial charge in [0.15, 0.2) is 0 Å². The van der Waals surface area contributed by atoms with Crippen molar-refractivity contribution in [2.24, 2.45) is 5.73 Å². The van der Waals surface area contributed by atoms with Gasteiger partial charge in [-0.1, -0.05) is 12.1 Å². The SMILES string of the molecule is CCc1c(CC(N)=O)nnn1CC1CCCO1. The summed E-state index contributed by atoms with van der Waals surface area (Å²) < 4.78 is 7.41. The Balaban J connectivity index is 2.10. The second-order valence-corrected chi connectivity index (χ2v) is 4.30. The largest absolute Gasteiger partial charge is 0.376 e. The maximum absolute atomic E-state index is 10.9. The fraction of sp³-hybridized carbons (Fsp3) is 0.727. The molecule has 1 saturated heterocycles. The zero-order valence-electron chi connectivity index (χ0n) is 10.1. The molecule has 1 aliphatic heterocycles. The third-order valence-electron chi connectivity index (χ3n) is 3.00. The molecule has 0 bridgehead atoms. The monoisotopic (exact) mass is 238 g/mol. The van der Waals surface area contributed by atoms with Gasteiger partial charge in [-0.15, -0.1) is 5.10 Å². The van der Waals surface area contributed by atoms with Crippen molar-refractivity contribution >= 4 is 5.91 Å². The van der Waals surface area contributed by atoms with Crippen molar-refractivity contribution in [1.29, 1.82) is 0 Å². The quantitative estimate of drug-likeness (QED) is 0.785. The smallest absolute Gasteiger partial charge is 0.223 e. The lowest BCUT2D eigenvalue weighted by Crippen LogP contribution is -2.19. The first kappa shape index (κ1) is 12.0. The lowest BCUT2D eigenvalue weighted by atomic mass is 10.2. The van der Waals surface area contributed by atoms with Gasteiger partial charge < -0.3 is 10.5 Å². The molecule has 94 valence electrons. The van der Waals surface area contributed by atoms with Crippen molar-refractivity contribution in [2.75, 3.05) is 6.61 Å². The molecule has 0 aliphatic carbocycles. The number of aromatic nitrogens is 3.